The fourth-order valence-corrected chi connectivity index (χ4v) is 5.39. The Morgan fingerprint density at radius 2 is 2.17 bits per heavy atom. The van der Waals surface area contributed by atoms with Crippen molar-refractivity contribution in [2.45, 2.75) is 16.9 Å². The van der Waals surface area contributed by atoms with Crippen molar-refractivity contribution in [3.63, 3.8) is 0 Å². The molecule has 1 aromatic rings. The molecule has 0 spiro atoms. The molecule has 12 nitrogen and oxygen atoms in total. The number of aliphatic carboxylic acids is 1. The van der Waals surface area contributed by atoms with Crippen molar-refractivity contribution in [3.05, 3.63) is 21.3 Å². The van der Waals surface area contributed by atoms with Crippen molar-refractivity contribution in [2.24, 2.45) is 5.16 Å². The third-order valence-electron chi connectivity index (χ3n) is 4.00. The van der Waals surface area contributed by atoms with Gasteiger partial charge >= 0.3 is 5.97 Å². The van der Waals surface area contributed by atoms with Crippen molar-refractivity contribution in [1.29, 1.82) is 0 Å². The summed E-state index contributed by atoms with van der Waals surface area (Å²) >= 11 is 5.48. The molecular weight excluding hydrogens is 506 g/mol. The lowest BCUT2D eigenvalue weighted by atomic mass is 10.0. The number of carboxylic acids is 1. The number of thioether (sulfide) groups is 1. The predicted molar refractivity (Wildman–Crippen MR) is 110 cm³/mol. The molecule has 2 aliphatic rings. The van der Waals surface area contributed by atoms with E-state index in [9.17, 15) is 24.3 Å². The summed E-state index contributed by atoms with van der Waals surface area (Å²) in [7, 11) is 2.64. The van der Waals surface area contributed by atoms with Crippen LogP contribution in [0.25, 0.3) is 0 Å². The molecule has 1 saturated heterocycles. The SMILES string of the molecule is CON=C(C(=O)NC1C(=O)N2C(C(=O)O)=CC(OC)S[C@@H]12)c1nc(NC=O)sc1Br. The van der Waals surface area contributed by atoms with Crippen LogP contribution in [0.1, 0.15) is 5.69 Å². The standard InChI is InChI=1S/C15H14BrN5O7S2/c1-27-6-3-5(14(25)26)21-12(24)9(13(21)29-6)18-11(23)8(20-28-2)7-10(16)30-15(19-7)17-4-22/h3-4,6,9,13H,1-2H3,(H,18,23)(H,25,26)(H,17,19,22)/t6?,9?,13-/m0/s1. The van der Waals surface area contributed by atoms with Gasteiger partial charge in [-0.3, -0.25) is 19.3 Å². The minimum Gasteiger partial charge on any atom is -0.477 e. The minimum absolute atomic E-state index is 0.101. The first-order chi connectivity index (χ1) is 14.3. The summed E-state index contributed by atoms with van der Waals surface area (Å²) < 4.78 is 5.59. The number of hydrogen-bond acceptors (Lipinski definition) is 10. The number of rotatable bonds is 8. The van der Waals surface area contributed by atoms with Crippen molar-refractivity contribution < 1.29 is 33.9 Å². The molecule has 3 atom stereocenters. The number of nitrogens with one attached hydrogen (secondary N) is 2. The van der Waals surface area contributed by atoms with Gasteiger partial charge in [-0.1, -0.05) is 28.3 Å². The topological polar surface area (TPSA) is 160 Å². The average Bonchev–Trinajstić information content (AvgIpc) is 3.08. The molecule has 3 heterocycles. The van der Waals surface area contributed by atoms with Gasteiger partial charge in [-0.2, -0.15) is 0 Å². The predicted octanol–water partition coefficient (Wildman–Crippen LogP) is 0.165. The Hall–Kier alpha value is -2.49. The Balaban J connectivity index is 1.82. The lowest BCUT2D eigenvalue weighted by molar-refractivity contribution is -0.150. The lowest BCUT2D eigenvalue weighted by Gasteiger charge is -2.49. The highest BCUT2D eigenvalue weighted by atomic mass is 79.9. The van der Waals surface area contributed by atoms with Gasteiger partial charge in [0.1, 0.15) is 39.1 Å². The van der Waals surface area contributed by atoms with Crippen LogP contribution < -0.4 is 10.6 Å². The van der Waals surface area contributed by atoms with Gasteiger partial charge < -0.3 is 25.3 Å². The van der Waals surface area contributed by atoms with E-state index in [2.05, 4.69) is 36.7 Å². The summed E-state index contributed by atoms with van der Waals surface area (Å²) in [5, 5.41) is 17.5. The second-order valence-corrected chi connectivity index (χ2v) is 9.21. The Bertz CT molecular complexity index is 965. The molecule has 3 rings (SSSR count). The number of β-lactam (4-membered cyclic amide) rings is 1. The Morgan fingerprint density at radius 1 is 1.43 bits per heavy atom. The van der Waals surface area contributed by atoms with Gasteiger partial charge in [0, 0.05) is 7.11 Å². The molecule has 0 radical (unpaired) electrons. The van der Waals surface area contributed by atoms with Crippen LogP contribution in [-0.2, 0) is 28.8 Å². The van der Waals surface area contributed by atoms with E-state index in [0.29, 0.717) is 10.2 Å². The van der Waals surface area contributed by atoms with Gasteiger partial charge in [0.25, 0.3) is 11.8 Å². The van der Waals surface area contributed by atoms with Crippen LogP contribution >= 0.6 is 39.0 Å². The molecule has 0 saturated carbocycles. The minimum atomic E-state index is -1.27. The summed E-state index contributed by atoms with van der Waals surface area (Å²) in [5.41, 5.74) is -0.936. The first kappa shape index (κ1) is 22.2. The number of ether oxygens (including phenoxy) is 1. The molecule has 3 N–H and O–H groups in total. The first-order valence-corrected chi connectivity index (χ1v) is 10.6. The summed E-state index contributed by atoms with van der Waals surface area (Å²) in [6.07, 6.45) is 1.76. The molecule has 30 heavy (non-hydrogen) atoms. The van der Waals surface area contributed by atoms with Crippen LogP contribution in [0.2, 0.25) is 0 Å². The van der Waals surface area contributed by atoms with Gasteiger partial charge in [0.05, 0.1) is 0 Å². The number of carboxylic acid groups (broad SMARTS) is 1. The Morgan fingerprint density at radius 3 is 2.77 bits per heavy atom. The zero-order chi connectivity index (χ0) is 22.0. The number of oxime groups is 1. The first-order valence-electron chi connectivity index (χ1n) is 8.07. The van der Waals surface area contributed by atoms with Gasteiger partial charge in [-0.25, -0.2) is 9.78 Å². The maximum absolute atomic E-state index is 12.8. The lowest BCUT2D eigenvalue weighted by Crippen LogP contribution is -2.71. The van der Waals surface area contributed by atoms with E-state index in [1.165, 1.54) is 32.1 Å². The third kappa shape index (κ3) is 4.05. The zero-order valence-corrected chi connectivity index (χ0v) is 18.5. The number of thiazole rings is 1. The fraction of sp³-hybridized carbons (Fsp3) is 0.333. The maximum atomic E-state index is 12.8. The second-order valence-electron chi connectivity index (χ2n) is 5.67. The van der Waals surface area contributed by atoms with Crippen molar-refractivity contribution in [3.8, 4) is 0 Å². The molecule has 160 valence electrons. The number of methoxy groups -OCH3 is 1. The van der Waals surface area contributed by atoms with Crippen LogP contribution in [-0.4, -0.2) is 76.0 Å². The number of aromatic nitrogens is 1. The highest BCUT2D eigenvalue weighted by Crippen LogP contribution is 2.41. The van der Waals surface area contributed by atoms with Crippen LogP contribution in [0.15, 0.2) is 20.7 Å². The molecule has 0 aromatic carbocycles. The monoisotopic (exact) mass is 519 g/mol. The van der Waals surface area contributed by atoms with Gasteiger partial charge in [0.2, 0.25) is 6.41 Å². The van der Waals surface area contributed by atoms with E-state index in [0.717, 1.165) is 16.2 Å². The number of nitrogens with zero attached hydrogens (tertiary/aromatic N) is 3. The van der Waals surface area contributed by atoms with E-state index >= 15 is 0 Å². The third-order valence-corrected chi connectivity index (χ3v) is 6.99. The fourth-order valence-electron chi connectivity index (χ4n) is 2.73. The molecule has 1 fully saturated rings. The largest absolute Gasteiger partial charge is 0.477 e. The summed E-state index contributed by atoms with van der Waals surface area (Å²) in [4.78, 5) is 57.4. The van der Waals surface area contributed by atoms with Gasteiger partial charge in [0.15, 0.2) is 10.8 Å². The number of fused-ring (bicyclic) bond motifs is 1. The van der Waals surface area contributed by atoms with Crippen molar-refractivity contribution >= 4 is 74.1 Å². The van der Waals surface area contributed by atoms with Crippen LogP contribution in [0.5, 0.6) is 0 Å². The highest BCUT2D eigenvalue weighted by molar-refractivity contribution is 9.11. The molecule has 1 aromatic heterocycles. The number of amides is 3. The van der Waals surface area contributed by atoms with E-state index in [1.807, 2.05) is 0 Å². The van der Waals surface area contributed by atoms with Crippen LogP contribution in [0, 0.1) is 0 Å². The molecule has 2 unspecified atom stereocenters. The number of carbonyl (C=O) groups excluding carboxylic acids is 3. The number of anilines is 1. The number of hydrogen-bond donors (Lipinski definition) is 3. The number of carbonyl (C=O) groups is 4. The Labute approximate surface area is 185 Å². The van der Waals surface area contributed by atoms with E-state index in [1.54, 1.807) is 0 Å². The quantitative estimate of drug-likeness (QED) is 0.188. The summed E-state index contributed by atoms with van der Waals surface area (Å²) in [5.74, 6) is -2.62. The van der Waals surface area contributed by atoms with Crippen LogP contribution in [0.4, 0.5) is 5.13 Å². The molecule has 0 aliphatic carbocycles. The molecule has 15 heteroatoms. The number of halogens is 1. The van der Waals surface area contributed by atoms with Gasteiger partial charge in [-0.05, 0) is 22.0 Å². The molecule has 0 bridgehead atoms. The normalized spacial score (nSPS) is 23.1. The average molecular weight is 520 g/mol. The maximum Gasteiger partial charge on any atom is 0.352 e. The summed E-state index contributed by atoms with van der Waals surface area (Å²) in [6.45, 7) is 0. The van der Waals surface area contributed by atoms with E-state index in [-0.39, 0.29) is 22.2 Å². The second kappa shape index (κ2) is 9.11. The van der Waals surface area contributed by atoms with Crippen molar-refractivity contribution in [1.82, 2.24) is 15.2 Å². The Kier molecular flexibility index (Phi) is 6.74. The smallest absolute Gasteiger partial charge is 0.352 e. The molecule has 3 amide bonds. The highest BCUT2D eigenvalue weighted by Gasteiger charge is 2.54. The van der Waals surface area contributed by atoms with Crippen LogP contribution in [0.3, 0.4) is 0 Å². The molecular formula is C15H14BrN5O7S2. The molecule has 2 aliphatic heterocycles. The van der Waals surface area contributed by atoms with E-state index < -0.39 is 34.6 Å². The van der Waals surface area contributed by atoms with Gasteiger partial charge in [-0.15, -0.1) is 0 Å². The van der Waals surface area contributed by atoms with E-state index in [4.69, 9.17) is 9.57 Å². The zero-order valence-electron chi connectivity index (χ0n) is 15.3. The van der Waals surface area contributed by atoms with Crippen molar-refractivity contribution in [2.75, 3.05) is 19.5 Å². The summed E-state index contributed by atoms with van der Waals surface area (Å²) in [6, 6.07) is -1.00.